The standard InChI is InChI=1S/C13H12BrF3O3/c14-9-5-8-1-4-20-12(8)10(6-9)11(18)2-3-19-7-13(15,16)17/h5-6H,1-4,7H2. The van der Waals surface area contributed by atoms with E-state index in [-0.39, 0.29) is 18.8 Å². The van der Waals surface area contributed by atoms with Gasteiger partial charge in [0.15, 0.2) is 5.78 Å². The van der Waals surface area contributed by atoms with Crippen LogP contribution in [0.15, 0.2) is 16.6 Å². The lowest BCUT2D eigenvalue weighted by molar-refractivity contribution is -0.173. The molecule has 1 aromatic carbocycles. The zero-order chi connectivity index (χ0) is 14.8. The number of rotatable bonds is 5. The summed E-state index contributed by atoms with van der Waals surface area (Å²) in [5.74, 6) is 0.251. The first-order valence-corrected chi connectivity index (χ1v) is 6.79. The fourth-order valence-electron chi connectivity index (χ4n) is 1.96. The Labute approximate surface area is 122 Å². The second kappa shape index (κ2) is 6.13. The van der Waals surface area contributed by atoms with E-state index in [0.717, 1.165) is 16.5 Å². The van der Waals surface area contributed by atoms with Gasteiger partial charge in [-0.3, -0.25) is 4.79 Å². The molecule has 3 nitrogen and oxygen atoms in total. The smallest absolute Gasteiger partial charge is 0.411 e. The van der Waals surface area contributed by atoms with Crippen LogP contribution in [0, 0.1) is 0 Å². The average Bonchev–Trinajstić information content (AvgIpc) is 2.80. The van der Waals surface area contributed by atoms with Gasteiger partial charge in [-0.05, 0) is 17.7 Å². The molecule has 0 N–H and O–H groups in total. The Kier molecular flexibility index (Phi) is 4.70. The highest BCUT2D eigenvalue weighted by Gasteiger charge is 2.27. The Morgan fingerprint density at radius 2 is 2.15 bits per heavy atom. The second-order valence-corrected chi connectivity index (χ2v) is 5.30. The third kappa shape index (κ3) is 3.96. The number of hydrogen-bond acceptors (Lipinski definition) is 3. The number of ketones is 1. The van der Waals surface area contributed by atoms with E-state index >= 15 is 0 Å². The summed E-state index contributed by atoms with van der Waals surface area (Å²) >= 11 is 3.30. The number of hydrogen-bond donors (Lipinski definition) is 0. The average molecular weight is 353 g/mol. The van der Waals surface area contributed by atoms with Gasteiger partial charge in [0.2, 0.25) is 0 Å². The van der Waals surface area contributed by atoms with Crippen molar-refractivity contribution in [3.8, 4) is 5.75 Å². The molecule has 1 aliphatic rings. The van der Waals surface area contributed by atoms with Crippen molar-refractivity contribution < 1.29 is 27.4 Å². The minimum absolute atomic E-state index is 0.109. The summed E-state index contributed by atoms with van der Waals surface area (Å²) in [6, 6.07) is 3.50. The molecule has 110 valence electrons. The molecule has 0 unspecified atom stereocenters. The highest BCUT2D eigenvalue weighted by atomic mass is 79.9. The summed E-state index contributed by atoms with van der Waals surface area (Å²) < 4.78 is 46.3. The van der Waals surface area contributed by atoms with Crippen LogP contribution in [0.2, 0.25) is 0 Å². The largest absolute Gasteiger partial charge is 0.492 e. The van der Waals surface area contributed by atoms with Crippen molar-refractivity contribution in [3.63, 3.8) is 0 Å². The molecule has 0 bridgehead atoms. The lowest BCUT2D eigenvalue weighted by atomic mass is 10.0. The Morgan fingerprint density at radius 1 is 1.40 bits per heavy atom. The molecule has 0 saturated heterocycles. The fourth-order valence-corrected chi connectivity index (χ4v) is 2.47. The van der Waals surface area contributed by atoms with Gasteiger partial charge in [-0.2, -0.15) is 13.2 Å². The number of alkyl halides is 3. The maximum absolute atomic E-state index is 12.0. The Morgan fingerprint density at radius 3 is 2.85 bits per heavy atom. The molecule has 0 amide bonds. The number of fused-ring (bicyclic) bond motifs is 1. The van der Waals surface area contributed by atoms with Crippen molar-refractivity contribution in [3.05, 3.63) is 27.7 Å². The van der Waals surface area contributed by atoms with E-state index in [2.05, 4.69) is 20.7 Å². The molecule has 2 rings (SSSR count). The van der Waals surface area contributed by atoms with Gasteiger partial charge in [0.05, 0.1) is 18.8 Å². The van der Waals surface area contributed by atoms with Crippen LogP contribution in [-0.2, 0) is 11.2 Å². The van der Waals surface area contributed by atoms with E-state index in [9.17, 15) is 18.0 Å². The monoisotopic (exact) mass is 352 g/mol. The van der Waals surface area contributed by atoms with Crippen LogP contribution >= 0.6 is 15.9 Å². The molecule has 0 aliphatic carbocycles. The zero-order valence-corrected chi connectivity index (χ0v) is 12.0. The third-order valence-corrected chi connectivity index (χ3v) is 3.25. The first-order chi connectivity index (χ1) is 9.37. The second-order valence-electron chi connectivity index (χ2n) is 4.38. The van der Waals surface area contributed by atoms with Crippen LogP contribution in [0.25, 0.3) is 0 Å². The highest BCUT2D eigenvalue weighted by molar-refractivity contribution is 9.10. The van der Waals surface area contributed by atoms with E-state index in [4.69, 9.17) is 4.74 Å². The number of carbonyl (C=O) groups is 1. The quantitative estimate of drug-likeness (QED) is 0.600. The number of carbonyl (C=O) groups excluding carboxylic acids is 1. The number of halogens is 4. The van der Waals surface area contributed by atoms with Crippen molar-refractivity contribution in [2.75, 3.05) is 19.8 Å². The number of Topliss-reactive ketones (excluding diaryl/α,β-unsaturated/α-hetero) is 1. The first-order valence-electron chi connectivity index (χ1n) is 6.00. The van der Waals surface area contributed by atoms with Gasteiger partial charge in [0, 0.05) is 17.3 Å². The van der Waals surface area contributed by atoms with Crippen LogP contribution in [-0.4, -0.2) is 31.8 Å². The molecule has 1 aliphatic heterocycles. The summed E-state index contributed by atoms with van der Waals surface area (Å²) in [5.41, 5.74) is 1.32. The van der Waals surface area contributed by atoms with E-state index in [1.807, 2.05) is 6.07 Å². The van der Waals surface area contributed by atoms with Crippen LogP contribution in [0.1, 0.15) is 22.3 Å². The maximum atomic E-state index is 12.0. The predicted molar refractivity (Wildman–Crippen MR) is 69.2 cm³/mol. The van der Waals surface area contributed by atoms with Crippen LogP contribution in [0.4, 0.5) is 13.2 Å². The minimum Gasteiger partial charge on any atom is -0.492 e. The SMILES string of the molecule is O=C(CCOCC(F)(F)F)c1cc(Br)cc2c1OCC2. The maximum Gasteiger partial charge on any atom is 0.411 e. The van der Waals surface area contributed by atoms with Crippen molar-refractivity contribution in [1.82, 2.24) is 0 Å². The normalized spacial score (nSPS) is 14.0. The topological polar surface area (TPSA) is 35.5 Å². The molecule has 1 aromatic rings. The van der Waals surface area contributed by atoms with E-state index in [0.29, 0.717) is 17.9 Å². The van der Waals surface area contributed by atoms with Gasteiger partial charge in [0.25, 0.3) is 0 Å². The van der Waals surface area contributed by atoms with Gasteiger partial charge in [-0.25, -0.2) is 0 Å². The number of ether oxygens (including phenoxy) is 2. The summed E-state index contributed by atoms with van der Waals surface area (Å²) in [7, 11) is 0. The summed E-state index contributed by atoms with van der Waals surface area (Å²) in [5, 5.41) is 0. The lowest BCUT2D eigenvalue weighted by Crippen LogP contribution is -2.18. The van der Waals surface area contributed by atoms with Gasteiger partial charge in [0.1, 0.15) is 12.4 Å². The van der Waals surface area contributed by atoms with E-state index < -0.39 is 12.8 Å². The molecule has 0 atom stereocenters. The first kappa shape index (κ1) is 15.3. The Bertz CT molecular complexity index is 514. The van der Waals surface area contributed by atoms with Crippen LogP contribution < -0.4 is 4.74 Å². The molecule has 1 heterocycles. The van der Waals surface area contributed by atoms with Gasteiger partial charge in [-0.1, -0.05) is 15.9 Å². The lowest BCUT2D eigenvalue weighted by Gasteiger charge is -2.09. The predicted octanol–water partition coefficient (Wildman–Crippen LogP) is 3.54. The molecular weight excluding hydrogens is 341 g/mol. The van der Waals surface area contributed by atoms with Gasteiger partial charge in [-0.15, -0.1) is 0 Å². The molecule has 0 fully saturated rings. The van der Waals surface area contributed by atoms with E-state index in [1.165, 1.54) is 0 Å². The minimum atomic E-state index is -4.37. The van der Waals surface area contributed by atoms with Crippen molar-refractivity contribution in [1.29, 1.82) is 0 Å². The molecule has 0 spiro atoms. The number of benzene rings is 1. The third-order valence-electron chi connectivity index (χ3n) is 2.79. The van der Waals surface area contributed by atoms with E-state index in [1.54, 1.807) is 6.07 Å². The fraction of sp³-hybridized carbons (Fsp3) is 0.462. The molecule has 0 radical (unpaired) electrons. The highest BCUT2D eigenvalue weighted by Crippen LogP contribution is 2.33. The molecule has 7 heteroatoms. The Balaban J connectivity index is 1.97. The van der Waals surface area contributed by atoms with Crippen LogP contribution in [0.5, 0.6) is 5.75 Å². The summed E-state index contributed by atoms with van der Waals surface area (Å²) in [6.45, 7) is -1.09. The molecular formula is C13H12BrF3O3. The Hall–Kier alpha value is -1.08. The zero-order valence-electron chi connectivity index (χ0n) is 10.4. The molecule has 0 aromatic heterocycles. The van der Waals surface area contributed by atoms with Crippen molar-refractivity contribution >= 4 is 21.7 Å². The summed E-state index contributed by atoms with van der Waals surface area (Å²) in [6.07, 6.45) is -3.76. The molecule has 20 heavy (non-hydrogen) atoms. The van der Waals surface area contributed by atoms with Gasteiger partial charge >= 0.3 is 6.18 Å². The summed E-state index contributed by atoms with van der Waals surface area (Å²) in [4.78, 5) is 12.0. The molecule has 0 saturated carbocycles. The van der Waals surface area contributed by atoms with Crippen LogP contribution in [0.3, 0.4) is 0 Å². The van der Waals surface area contributed by atoms with Gasteiger partial charge < -0.3 is 9.47 Å². The van der Waals surface area contributed by atoms with Crippen molar-refractivity contribution in [2.45, 2.75) is 19.0 Å². The van der Waals surface area contributed by atoms with Crippen molar-refractivity contribution in [2.24, 2.45) is 0 Å².